The second kappa shape index (κ2) is 2.98. The van der Waals surface area contributed by atoms with Gasteiger partial charge >= 0.3 is 5.97 Å². The molecule has 0 bridgehead atoms. The number of carbonyl (C=O) groups excluding carboxylic acids is 1. The second-order valence-corrected chi connectivity index (χ2v) is 5.43. The Morgan fingerprint density at radius 3 is 2.38 bits per heavy atom. The van der Waals surface area contributed by atoms with Gasteiger partial charge in [-0.15, -0.1) is 0 Å². The fourth-order valence-corrected chi connectivity index (χ4v) is 1.40. The lowest BCUT2D eigenvalue weighted by molar-refractivity contribution is -0.158. The molecule has 1 aliphatic heterocycles. The molecule has 0 amide bonds. The molecule has 1 fully saturated rings. The van der Waals surface area contributed by atoms with E-state index in [4.69, 9.17) is 4.74 Å². The molecule has 1 heterocycles. The van der Waals surface area contributed by atoms with E-state index in [1.165, 1.54) is 0 Å². The van der Waals surface area contributed by atoms with Crippen LogP contribution in [0.1, 0.15) is 34.6 Å². The van der Waals surface area contributed by atoms with Crippen LogP contribution in [0.25, 0.3) is 0 Å². The van der Waals surface area contributed by atoms with Crippen LogP contribution in [0.5, 0.6) is 0 Å². The van der Waals surface area contributed by atoms with Crippen LogP contribution in [0.4, 0.5) is 0 Å². The van der Waals surface area contributed by atoms with Crippen LogP contribution < -0.4 is 5.32 Å². The summed E-state index contributed by atoms with van der Waals surface area (Å²) in [6, 6.07) is -0.198. The summed E-state index contributed by atoms with van der Waals surface area (Å²) in [4.78, 5) is 11.4. The molecular formula is C10H19NO2. The molecule has 0 aromatic heterocycles. The number of carbonyl (C=O) groups is 1. The first-order chi connectivity index (χ1) is 5.72. The van der Waals surface area contributed by atoms with E-state index in [9.17, 15) is 4.79 Å². The Morgan fingerprint density at radius 1 is 1.46 bits per heavy atom. The lowest BCUT2D eigenvalue weighted by Crippen LogP contribution is -2.62. The molecule has 13 heavy (non-hydrogen) atoms. The van der Waals surface area contributed by atoms with Gasteiger partial charge in [0.05, 0.1) is 0 Å². The molecule has 1 unspecified atom stereocenters. The third-order valence-corrected chi connectivity index (χ3v) is 2.21. The minimum atomic E-state index is -0.198. The summed E-state index contributed by atoms with van der Waals surface area (Å²) in [6.45, 7) is 10.6. The first kappa shape index (κ1) is 10.5. The zero-order chi connectivity index (χ0) is 10.3. The third kappa shape index (κ3) is 2.44. The Labute approximate surface area is 79.8 Å². The highest BCUT2D eigenvalue weighted by atomic mass is 16.5. The molecule has 0 aromatic rings. The Morgan fingerprint density at radius 2 is 2.00 bits per heavy atom. The summed E-state index contributed by atoms with van der Waals surface area (Å²) >= 11 is 0. The van der Waals surface area contributed by atoms with Gasteiger partial charge in [0.2, 0.25) is 0 Å². The number of ether oxygens (including phenoxy) is 1. The maximum absolute atomic E-state index is 11.4. The van der Waals surface area contributed by atoms with E-state index in [1.54, 1.807) is 0 Å². The molecule has 1 N–H and O–H groups in total. The van der Waals surface area contributed by atoms with E-state index in [0.29, 0.717) is 6.61 Å². The van der Waals surface area contributed by atoms with Crippen molar-refractivity contribution in [3.8, 4) is 0 Å². The van der Waals surface area contributed by atoms with Crippen molar-refractivity contribution in [1.82, 2.24) is 5.32 Å². The second-order valence-electron chi connectivity index (χ2n) is 5.43. The highest BCUT2D eigenvalue weighted by molar-refractivity contribution is 5.77. The predicted molar refractivity (Wildman–Crippen MR) is 51.4 cm³/mol. The van der Waals surface area contributed by atoms with Crippen molar-refractivity contribution in [2.45, 2.75) is 46.2 Å². The lowest BCUT2D eigenvalue weighted by Gasteiger charge is -2.41. The third-order valence-electron chi connectivity index (χ3n) is 2.21. The lowest BCUT2D eigenvalue weighted by atomic mass is 9.84. The number of hydrogen-bond acceptors (Lipinski definition) is 3. The van der Waals surface area contributed by atoms with Crippen molar-refractivity contribution in [3.05, 3.63) is 0 Å². The molecule has 0 spiro atoms. The number of hydrogen-bond donors (Lipinski definition) is 1. The van der Waals surface area contributed by atoms with Gasteiger partial charge in [0, 0.05) is 5.54 Å². The summed E-state index contributed by atoms with van der Waals surface area (Å²) < 4.78 is 5.13. The zero-order valence-corrected chi connectivity index (χ0v) is 9.10. The molecular weight excluding hydrogens is 166 g/mol. The molecule has 1 rings (SSSR count). The SMILES string of the molecule is CC1(C)COC(=O)C(C(C)(C)C)N1. The first-order valence-electron chi connectivity index (χ1n) is 4.67. The largest absolute Gasteiger partial charge is 0.463 e. The molecule has 76 valence electrons. The van der Waals surface area contributed by atoms with Gasteiger partial charge in [0.1, 0.15) is 12.6 Å². The number of morpholine rings is 1. The molecule has 3 heteroatoms. The Bertz CT molecular complexity index is 215. The van der Waals surface area contributed by atoms with E-state index >= 15 is 0 Å². The first-order valence-corrected chi connectivity index (χ1v) is 4.67. The highest BCUT2D eigenvalue weighted by Crippen LogP contribution is 2.25. The molecule has 0 radical (unpaired) electrons. The van der Waals surface area contributed by atoms with Crippen LogP contribution >= 0.6 is 0 Å². The van der Waals surface area contributed by atoms with Gasteiger partial charge in [0.15, 0.2) is 0 Å². The minimum Gasteiger partial charge on any atom is -0.463 e. The van der Waals surface area contributed by atoms with Gasteiger partial charge in [-0.25, -0.2) is 0 Å². The van der Waals surface area contributed by atoms with E-state index in [0.717, 1.165) is 0 Å². The van der Waals surface area contributed by atoms with Crippen LogP contribution in [0.3, 0.4) is 0 Å². The van der Waals surface area contributed by atoms with E-state index in [1.807, 2.05) is 34.6 Å². The Hall–Kier alpha value is -0.570. The van der Waals surface area contributed by atoms with Gasteiger partial charge in [0.25, 0.3) is 0 Å². The van der Waals surface area contributed by atoms with Crippen molar-refractivity contribution in [2.24, 2.45) is 5.41 Å². The monoisotopic (exact) mass is 185 g/mol. The van der Waals surface area contributed by atoms with Crippen molar-refractivity contribution in [2.75, 3.05) is 6.61 Å². The standard InChI is InChI=1S/C10H19NO2/c1-9(2,3)7-8(12)13-6-10(4,5)11-7/h7,11H,6H2,1-5H3. The normalized spacial score (nSPS) is 28.4. The van der Waals surface area contributed by atoms with Crippen molar-refractivity contribution in [3.63, 3.8) is 0 Å². The quantitative estimate of drug-likeness (QED) is 0.578. The Kier molecular flexibility index (Phi) is 2.41. The number of cyclic esters (lactones) is 1. The average molecular weight is 185 g/mol. The number of esters is 1. The molecule has 1 atom stereocenters. The van der Waals surface area contributed by atoms with Gasteiger partial charge in [-0.2, -0.15) is 0 Å². The Balaban J connectivity index is 2.78. The summed E-state index contributed by atoms with van der Waals surface area (Å²) in [5, 5.41) is 3.31. The van der Waals surface area contributed by atoms with Crippen LogP contribution in [-0.2, 0) is 9.53 Å². The molecule has 3 nitrogen and oxygen atoms in total. The van der Waals surface area contributed by atoms with Crippen LogP contribution in [0.15, 0.2) is 0 Å². The van der Waals surface area contributed by atoms with Gasteiger partial charge < -0.3 is 4.74 Å². The fourth-order valence-electron chi connectivity index (χ4n) is 1.40. The highest BCUT2D eigenvalue weighted by Gasteiger charge is 2.40. The molecule has 0 saturated carbocycles. The maximum atomic E-state index is 11.4. The van der Waals surface area contributed by atoms with E-state index < -0.39 is 0 Å². The van der Waals surface area contributed by atoms with Crippen molar-refractivity contribution < 1.29 is 9.53 Å². The van der Waals surface area contributed by atoms with Crippen LogP contribution in [0, 0.1) is 5.41 Å². The van der Waals surface area contributed by atoms with Gasteiger partial charge in [-0.3, -0.25) is 10.1 Å². The zero-order valence-electron chi connectivity index (χ0n) is 9.10. The average Bonchev–Trinajstić information content (AvgIpc) is 1.92. The van der Waals surface area contributed by atoms with Crippen molar-refractivity contribution >= 4 is 5.97 Å². The summed E-state index contributed by atoms with van der Waals surface area (Å²) in [5.41, 5.74) is -0.194. The minimum absolute atomic E-state index is 0.0885. The molecule has 1 saturated heterocycles. The maximum Gasteiger partial charge on any atom is 0.323 e. The van der Waals surface area contributed by atoms with Gasteiger partial charge in [-0.05, 0) is 19.3 Å². The van der Waals surface area contributed by atoms with E-state index in [-0.39, 0.29) is 23.0 Å². The van der Waals surface area contributed by atoms with Crippen LogP contribution in [-0.4, -0.2) is 24.2 Å². The molecule has 0 aliphatic carbocycles. The summed E-state index contributed by atoms with van der Waals surface area (Å²) in [7, 11) is 0. The van der Waals surface area contributed by atoms with Gasteiger partial charge in [-0.1, -0.05) is 20.8 Å². The fraction of sp³-hybridized carbons (Fsp3) is 0.900. The number of nitrogens with one attached hydrogen (secondary N) is 1. The summed E-state index contributed by atoms with van der Waals surface area (Å²) in [6.07, 6.45) is 0. The van der Waals surface area contributed by atoms with Crippen molar-refractivity contribution in [1.29, 1.82) is 0 Å². The summed E-state index contributed by atoms with van der Waals surface area (Å²) in [5.74, 6) is -0.133. The predicted octanol–water partition coefficient (Wildman–Crippen LogP) is 1.33. The molecule has 1 aliphatic rings. The number of rotatable bonds is 0. The van der Waals surface area contributed by atoms with E-state index in [2.05, 4.69) is 5.32 Å². The molecule has 0 aromatic carbocycles. The smallest absolute Gasteiger partial charge is 0.323 e. The topological polar surface area (TPSA) is 38.3 Å². The van der Waals surface area contributed by atoms with Crippen LogP contribution in [0.2, 0.25) is 0 Å².